The van der Waals surface area contributed by atoms with E-state index >= 15 is 0 Å². The largest absolute Gasteiger partial charge is 0.478 e. The van der Waals surface area contributed by atoms with E-state index in [9.17, 15) is 18.0 Å². The molecule has 100 valence electrons. The van der Waals surface area contributed by atoms with E-state index in [2.05, 4.69) is 4.74 Å². The summed E-state index contributed by atoms with van der Waals surface area (Å²) in [5, 5.41) is 8.66. The average molecular weight is 265 g/mol. The van der Waals surface area contributed by atoms with Gasteiger partial charge in [0.15, 0.2) is 6.79 Å². The zero-order chi connectivity index (χ0) is 13.8. The molecule has 1 rings (SSSR count). The number of halogens is 3. The number of nitrogen functional groups attached to an aromatic ring is 1. The molecule has 0 aliphatic heterocycles. The molecule has 0 heterocycles. The number of anilines is 1. The Labute approximate surface area is 99.9 Å². The van der Waals surface area contributed by atoms with Crippen LogP contribution in [0.25, 0.3) is 0 Å². The molecular formula is C10H10F3NO4. The summed E-state index contributed by atoms with van der Waals surface area (Å²) >= 11 is 0. The molecular weight excluding hydrogens is 255 g/mol. The van der Waals surface area contributed by atoms with Gasteiger partial charge in [-0.25, -0.2) is 4.79 Å². The minimum absolute atomic E-state index is 0.00510. The minimum Gasteiger partial charge on any atom is -0.478 e. The second-order valence-electron chi connectivity index (χ2n) is 3.28. The summed E-state index contributed by atoms with van der Waals surface area (Å²) in [6, 6.07) is 3.61. The lowest BCUT2D eigenvalue weighted by molar-refractivity contribution is -0.186. The number of carboxylic acids is 1. The Balaban J connectivity index is 2.51. The third-order valence-corrected chi connectivity index (χ3v) is 1.82. The van der Waals surface area contributed by atoms with E-state index in [-0.39, 0.29) is 17.0 Å². The van der Waals surface area contributed by atoms with Gasteiger partial charge in [0.1, 0.15) is 12.4 Å². The fourth-order valence-corrected chi connectivity index (χ4v) is 1.08. The van der Waals surface area contributed by atoms with E-state index < -0.39 is 25.5 Å². The zero-order valence-electron chi connectivity index (χ0n) is 9.03. The molecule has 0 aliphatic rings. The van der Waals surface area contributed by atoms with Crippen molar-refractivity contribution in [1.82, 2.24) is 0 Å². The van der Waals surface area contributed by atoms with Crippen LogP contribution in [0.1, 0.15) is 10.4 Å². The summed E-state index contributed by atoms with van der Waals surface area (Å²) in [7, 11) is 0. The van der Waals surface area contributed by atoms with E-state index in [1.807, 2.05) is 0 Å². The van der Waals surface area contributed by atoms with Gasteiger partial charge in [0.05, 0.1) is 11.3 Å². The number of ether oxygens (including phenoxy) is 2. The minimum atomic E-state index is -4.43. The molecule has 0 aromatic heterocycles. The maximum atomic E-state index is 11.7. The quantitative estimate of drug-likeness (QED) is 0.482. The van der Waals surface area contributed by atoms with Gasteiger partial charge in [0.25, 0.3) is 0 Å². The first-order valence-electron chi connectivity index (χ1n) is 4.70. The standard InChI is InChI=1S/C10H10F3NO4/c11-10(12,13)4-17-5-18-8-2-1-6(9(15)16)3-7(8)14/h1-3H,4-5,14H2,(H,15,16). The van der Waals surface area contributed by atoms with E-state index in [0.29, 0.717) is 0 Å². The van der Waals surface area contributed by atoms with Crippen molar-refractivity contribution < 1.29 is 32.5 Å². The number of alkyl halides is 3. The second kappa shape index (κ2) is 5.58. The maximum absolute atomic E-state index is 11.7. The average Bonchev–Trinajstić information content (AvgIpc) is 2.24. The van der Waals surface area contributed by atoms with Crippen LogP contribution in [-0.4, -0.2) is 30.7 Å². The van der Waals surface area contributed by atoms with E-state index in [1.54, 1.807) is 0 Å². The number of hydrogen-bond acceptors (Lipinski definition) is 4. The van der Waals surface area contributed by atoms with Crippen LogP contribution in [0.5, 0.6) is 5.75 Å². The number of nitrogens with two attached hydrogens (primary N) is 1. The monoisotopic (exact) mass is 265 g/mol. The molecule has 8 heteroatoms. The highest BCUT2D eigenvalue weighted by Gasteiger charge is 2.27. The zero-order valence-corrected chi connectivity index (χ0v) is 9.03. The van der Waals surface area contributed by atoms with Crippen LogP contribution >= 0.6 is 0 Å². The molecule has 0 saturated heterocycles. The molecule has 0 fully saturated rings. The third kappa shape index (κ3) is 4.50. The summed E-state index contributed by atoms with van der Waals surface area (Å²) in [4.78, 5) is 10.6. The molecule has 0 amide bonds. The van der Waals surface area contributed by atoms with Crippen LogP contribution in [0.3, 0.4) is 0 Å². The molecule has 0 radical (unpaired) electrons. The molecule has 0 saturated carbocycles. The van der Waals surface area contributed by atoms with Crippen LogP contribution in [0.4, 0.5) is 18.9 Å². The number of carbonyl (C=O) groups is 1. The Hall–Kier alpha value is -1.96. The van der Waals surface area contributed by atoms with Gasteiger partial charge in [-0.2, -0.15) is 13.2 Å². The van der Waals surface area contributed by atoms with Gasteiger partial charge in [-0.05, 0) is 18.2 Å². The Morgan fingerprint density at radius 1 is 1.39 bits per heavy atom. The third-order valence-electron chi connectivity index (χ3n) is 1.82. The van der Waals surface area contributed by atoms with Crippen LogP contribution in [0.2, 0.25) is 0 Å². The van der Waals surface area contributed by atoms with Gasteiger partial charge in [-0.15, -0.1) is 0 Å². The molecule has 1 aromatic carbocycles. The van der Waals surface area contributed by atoms with Crippen molar-refractivity contribution in [3.63, 3.8) is 0 Å². The van der Waals surface area contributed by atoms with Crippen molar-refractivity contribution in [2.24, 2.45) is 0 Å². The highest BCUT2D eigenvalue weighted by molar-refractivity contribution is 5.89. The summed E-state index contributed by atoms with van der Waals surface area (Å²) in [6.45, 7) is -2.06. The van der Waals surface area contributed by atoms with Gasteiger partial charge in [0, 0.05) is 0 Å². The predicted octanol–water partition coefficient (Wildman–Crippen LogP) is 1.88. The number of carboxylic acid groups (broad SMARTS) is 1. The SMILES string of the molecule is Nc1cc(C(=O)O)ccc1OCOCC(F)(F)F. The first-order valence-corrected chi connectivity index (χ1v) is 4.70. The van der Waals surface area contributed by atoms with Crippen LogP contribution in [-0.2, 0) is 4.74 Å². The Morgan fingerprint density at radius 3 is 2.56 bits per heavy atom. The number of benzene rings is 1. The molecule has 5 nitrogen and oxygen atoms in total. The lowest BCUT2D eigenvalue weighted by Crippen LogP contribution is -2.19. The van der Waals surface area contributed by atoms with Crippen molar-refractivity contribution in [2.75, 3.05) is 19.1 Å². The lowest BCUT2D eigenvalue weighted by Gasteiger charge is -2.11. The molecule has 18 heavy (non-hydrogen) atoms. The molecule has 0 atom stereocenters. The number of aromatic carboxylic acids is 1. The van der Waals surface area contributed by atoms with Crippen molar-refractivity contribution in [1.29, 1.82) is 0 Å². The number of hydrogen-bond donors (Lipinski definition) is 2. The van der Waals surface area contributed by atoms with Crippen LogP contribution in [0, 0.1) is 0 Å². The van der Waals surface area contributed by atoms with Crippen molar-refractivity contribution >= 4 is 11.7 Å². The van der Waals surface area contributed by atoms with Crippen molar-refractivity contribution in [3.05, 3.63) is 23.8 Å². The topological polar surface area (TPSA) is 81.8 Å². The van der Waals surface area contributed by atoms with Gasteiger partial charge in [-0.3, -0.25) is 0 Å². The fourth-order valence-electron chi connectivity index (χ4n) is 1.08. The van der Waals surface area contributed by atoms with Crippen LogP contribution in [0.15, 0.2) is 18.2 Å². The smallest absolute Gasteiger partial charge is 0.411 e. The molecule has 3 N–H and O–H groups in total. The molecule has 0 spiro atoms. The van der Waals surface area contributed by atoms with Crippen LogP contribution < -0.4 is 10.5 Å². The highest BCUT2D eigenvalue weighted by Crippen LogP contribution is 2.23. The Kier molecular flexibility index (Phi) is 4.38. The lowest BCUT2D eigenvalue weighted by atomic mass is 10.2. The highest BCUT2D eigenvalue weighted by atomic mass is 19.4. The Morgan fingerprint density at radius 2 is 2.06 bits per heavy atom. The van der Waals surface area contributed by atoms with Gasteiger partial charge >= 0.3 is 12.1 Å². The Bertz CT molecular complexity index is 434. The summed E-state index contributed by atoms with van der Waals surface area (Å²) < 4.78 is 44.2. The number of rotatable bonds is 5. The maximum Gasteiger partial charge on any atom is 0.411 e. The second-order valence-corrected chi connectivity index (χ2v) is 3.28. The summed E-state index contributed by atoms with van der Waals surface area (Å²) in [6.07, 6.45) is -4.43. The van der Waals surface area contributed by atoms with Gasteiger partial charge < -0.3 is 20.3 Å². The van der Waals surface area contributed by atoms with Crippen molar-refractivity contribution in [3.8, 4) is 5.75 Å². The van der Waals surface area contributed by atoms with Crippen molar-refractivity contribution in [2.45, 2.75) is 6.18 Å². The predicted molar refractivity (Wildman–Crippen MR) is 55.3 cm³/mol. The molecule has 0 aliphatic carbocycles. The van der Waals surface area contributed by atoms with E-state index in [1.165, 1.54) is 12.1 Å². The van der Waals surface area contributed by atoms with Gasteiger partial charge in [-0.1, -0.05) is 0 Å². The van der Waals surface area contributed by atoms with E-state index in [4.69, 9.17) is 15.6 Å². The van der Waals surface area contributed by atoms with E-state index in [0.717, 1.165) is 6.07 Å². The summed E-state index contributed by atoms with van der Waals surface area (Å²) in [5.41, 5.74) is 5.42. The molecule has 1 aromatic rings. The molecule has 0 unspecified atom stereocenters. The normalized spacial score (nSPS) is 11.3. The van der Waals surface area contributed by atoms with Gasteiger partial charge in [0.2, 0.25) is 0 Å². The first-order chi connectivity index (χ1) is 8.29. The molecule has 0 bridgehead atoms. The summed E-state index contributed by atoms with van der Waals surface area (Å²) in [5.74, 6) is -1.11. The first kappa shape index (κ1) is 14.1. The fraction of sp³-hybridized carbons (Fsp3) is 0.300.